The molecule has 1 amide bonds. The van der Waals surface area contributed by atoms with E-state index in [4.69, 9.17) is 4.74 Å². The Hall–Kier alpha value is -1.99. The van der Waals surface area contributed by atoms with Crippen molar-refractivity contribution >= 4 is 5.91 Å². The molecule has 0 aromatic heterocycles. The summed E-state index contributed by atoms with van der Waals surface area (Å²) >= 11 is 0. The van der Waals surface area contributed by atoms with E-state index in [9.17, 15) is 9.90 Å². The molecule has 1 aromatic rings. The minimum Gasteiger partial charge on any atom is -0.497 e. The minimum atomic E-state index is -1.05. The van der Waals surface area contributed by atoms with Gasteiger partial charge < -0.3 is 15.2 Å². The maximum atomic E-state index is 11.4. The lowest BCUT2D eigenvalue weighted by molar-refractivity contribution is -0.117. The number of aliphatic hydroxyl groups is 1. The van der Waals surface area contributed by atoms with Crippen molar-refractivity contribution in [2.24, 2.45) is 0 Å². The van der Waals surface area contributed by atoms with Gasteiger partial charge in [-0.3, -0.25) is 4.79 Å². The number of benzene rings is 1. The molecule has 0 heterocycles. The van der Waals surface area contributed by atoms with Crippen LogP contribution in [0.25, 0.3) is 0 Å². The van der Waals surface area contributed by atoms with Gasteiger partial charge in [0.2, 0.25) is 0 Å². The molecule has 0 saturated carbocycles. The fraction of sp³-hybridized carbons (Fsp3) is 0.438. The summed E-state index contributed by atoms with van der Waals surface area (Å²) in [7, 11) is 1.60. The summed E-state index contributed by atoms with van der Waals surface area (Å²) < 4.78 is 5.22. The van der Waals surface area contributed by atoms with Crippen LogP contribution in [0, 0.1) is 11.8 Å². The second kappa shape index (κ2) is 5.98. The molecule has 1 aliphatic carbocycles. The molecule has 1 aromatic carbocycles. The first-order chi connectivity index (χ1) is 9.59. The van der Waals surface area contributed by atoms with Crippen LogP contribution in [0.4, 0.5) is 0 Å². The molecule has 1 unspecified atom stereocenters. The van der Waals surface area contributed by atoms with E-state index in [1.54, 1.807) is 14.0 Å². The Morgan fingerprint density at radius 1 is 1.55 bits per heavy atom. The summed E-state index contributed by atoms with van der Waals surface area (Å²) in [6.45, 7) is 1.77. The maximum Gasteiger partial charge on any atom is 0.295 e. The molecule has 2 N–H and O–H groups in total. The Kier molecular flexibility index (Phi) is 4.31. The molecule has 1 atom stereocenters. The van der Waals surface area contributed by atoms with Gasteiger partial charge in [0.1, 0.15) is 11.4 Å². The van der Waals surface area contributed by atoms with Crippen molar-refractivity contribution < 1.29 is 14.6 Å². The van der Waals surface area contributed by atoms with Gasteiger partial charge in [0, 0.05) is 0 Å². The molecule has 0 spiro atoms. The highest BCUT2D eigenvalue weighted by molar-refractivity contribution is 5.93. The number of carbonyl (C=O) groups is 1. The number of methoxy groups -OCH3 is 1. The van der Waals surface area contributed by atoms with E-state index in [1.165, 1.54) is 0 Å². The molecule has 2 rings (SSSR count). The molecule has 20 heavy (non-hydrogen) atoms. The van der Waals surface area contributed by atoms with Crippen LogP contribution >= 0.6 is 0 Å². The molecule has 0 bridgehead atoms. The number of hydrogen-bond donors (Lipinski definition) is 2. The van der Waals surface area contributed by atoms with Crippen molar-refractivity contribution in [3.8, 4) is 17.6 Å². The van der Waals surface area contributed by atoms with Crippen molar-refractivity contribution in [2.45, 2.75) is 31.8 Å². The van der Waals surface area contributed by atoms with Crippen LogP contribution in [0.5, 0.6) is 5.75 Å². The molecule has 0 saturated heterocycles. The predicted octanol–water partition coefficient (Wildman–Crippen LogP) is 1.36. The second-order valence-electron chi connectivity index (χ2n) is 4.97. The number of ether oxygens (including phenoxy) is 1. The van der Waals surface area contributed by atoms with Gasteiger partial charge in [0.15, 0.2) is 0 Å². The van der Waals surface area contributed by atoms with Crippen molar-refractivity contribution in [1.29, 1.82) is 0 Å². The average molecular weight is 273 g/mol. The van der Waals surface area contributed by atoms with Gasteiger partial charge in [-0.1, -0.05) is 12.0 Å². The Balaban J connectivity index is 2.24. The first-order valence-corrected chi connectivity index (χ1v) is 6.69. The molecular weight excluding hydrogens is 254 g/mol. The van der Waals surface area contributed by atoms with Crippen LogP contribution < -0.4 is 10.1 Å². The third-order valence-corrected chi connectivity index (χ3v) is 3.63. The van der Waals surface area contributed by atoms with Crippen LogP contribution in [0.2, 0.25) is 0 Å². The number of nitrogens with one attached hydrogen (secondary N) is 1. The van der Waals surface area contributed by atoms with Crippen LogP contribution in [0.3, 0.4) is 0 Å². The fourth-order valence-electron chi connectivity index (χ4n) is 2.61. The monoisotopic (exact) mass is 273 g/mol. The normalized spacial score (nSPS) is 20.4. The quantitative estimate of drug-likeness (QED) is 0.818. The minimum absolute atomic E-state index is 0.167. The van der Waals surface area contributed by atoms with E-state index in [1.807, 2.05) is 18.2 Å². The lowest BCUT2D eigenvalue weighted by atomic mass is 9.79. The first-order valence-electron chi connectivity index (χ1n) is 6.69. The molecule has 106 valence electrons. The highest BCUT2D eigenvalue weighted by Crippen LogP contribution is 2.36. The highest BCUT2D eigenvalue weighted by Gasteiger charge is 2.34. The predicted molar refractivity (Wildman–Crippen MR) is 76.3 cm³/mol. The molecule has 0 aliphatic heterocycles. The summed E-state index contributed by atoms with van der Waals surface area (Å²) in [6.07, 6.45) is 2.45. The van der Waals surface area contributed by atoms with Gasteiger partial charge >= 0.3 is 0 Å². The summed E-state index contributed by atoms with van der Waals surface area (Å²) in [5.41, 5.74) is 0.899. The largest absolute Gasteiger partial charge is 0.497 e. The first kappa shape index (κ1) is 14.4. The SMILES string of the molecule is CC#CC(=O)NCC1(O)CCCc2ccc(OC)cc21. The van der Waals surface area contributed by atoms with Crippen LogP contribution in [-0.4, -0.2) is 24.7 Å². The fourth-order valence-corrected chi connectivity index (χ4v) is 2.61. The number of amides is 1. The number of carbonyl (C=O) groups excluding carboxylic acids is 1. The van der Waals surface area contributed by atoms with E-state index < -0.39 is 5.60 Å². The van der Waals surface area contributed by atoms with Gasteiger partial charge in [0.25, 0.3) is 5.91 Å². The standard InChI is InChI=1S/C16H19NO3/c1-3-5-15(18)17-11-16(19)9-4-6-12-7-8-13(20-2)10-14(12)16/h7-8,10,19H,4,6,9,11H2,1-2H3,(H,17,18). The number of rotatable bonds is 3. The van der Waals surface area contributed by atoms with Crippen molar-refractivity contribution in [3.05, 3.63) is 29.3 Å². The smallest absolute Gasteiger partial charge is 0.295 e. The molecule has 1 aliphatic rings. The Bertz CT molecular complexity index is 571. The zero-order valence-corrected chi connectivity index (χ0v) is 11.8. The van der Waals surface area contributed by atoms with Gasteiger partial charge in [-0.15, -0.1) is 0 Å². The molecule has 0 fully saturated rings. The number of aryl methyl sites for hydroxylation is 1. The molecule has 0 radical (unpaired) electrons. The molecule has 4 nitrogen and oxygen atoms in total. The topological polar surface area (TPSA) is 58.6 Å². The van der Waals surface area contributed by atoms with Crippen LogP contribution in [0.1, 0.15) is 30.9 Å². The Labute approximate surface area is 119 Å². The van der Waals surface area contributed by atoms with E-state index in [0.717, 1.165) is 24.0 Å². The lowest BCUT2D eigenvalue weighted by Gasteiger charge is -2.34. The lowest BCUT2D eigenvalue weighted by Crippen LogP contribution is -2.42. The van der Waals surface area contributed by atoms with Crippen LogP contribution in [0.15, 0.2) is 18.2 Å². The average Bonchev–Trinajstić information content (AvgIpc) is 2.46. The zero-order valence-electron chi connectivity index (χ0n) is 11.8. The Morgan fingerprint density at radius 2 is 2.35 bits per heavy atom. The van der Waals surface area contributed by atoms with Crippen molar-refractivity contribution in [1.82, 2.24) is 5.32 Å². The highest BCUT2D eigenvalue weighted by atomic mass is 16.5. The number of hydrogen-bond acceptors (Lipinski definition) is 3. The van der Waals surface area contributed by atoms with E-state index in [-0.39, 0.29) is 12.5 Å². The molecule has 4 heteroatoms. The van der Waals surface area contributed by atoms with E-state index in [2.05, 4.69) is 17.2 Å². The van der Waals surface area contributed by atoms with Gasteiger partial charge in [-0.2, -0.15) is 0 Å². The summed E-state index contributed by atoms with van der Waals surface area (Å²) in [6, 6.07) is 5.73. The van der Waals surface area contributed by atoms with Gasteiger partial charge in [-0.25, -0.2) is 0 Å². The summed E-state index contributed by atoms with van der Waals surface area (Å²) in [5.74, 6) is 5.30. The van der Waals surface area contributed by atoms with Crippen LogP contribution in [-0.2, 0) is 16.8 Å². The summed E-state index contributed by atoms with van der Waals surface area (Å²) in [5, 5.41) is 13.5. The van der Waals surface area contributed by atoms with E-state index >= 15 is 0 Å². The maximum absolute atomic E-state index is 11.4. The van der Waals surface area contributed by atoms with Gasteiger partial charge in [-0.05, 0) is 55.4 Å². The second-order valence-corrected chi connectivity index (χ2v) is 4.97. The zero-order chi connectivity index (χ0) is 14.6. The number of fused-ring (bicyclic) bond motifs is 1. The Morgan fingerprint density at radius 3 is 3.05 bits per heavy atom. The summed E-state index contributed by atoms with van der Waals surface area (Å²) in [4.78, 5) is 11.4. The third-order valence-electron chi connectivity index (χ3n) is 3.63. The van der Waals surface area contributed by atoms with E-state index in [0.29, 0.717) is 12.2 Å². The van der Waals surface area contributed by atoms with Gasteiger partial charge in [0.05, 0.1) is 13.7 Å². The third kappa shape index (κ3) is 2.94. The van der Waals surface area contributed by atoms with Crippen molar-refractivity contribution in [2.75, 3.05) is 13.7 Å². The molecular formula is C16H19NO3. The van der Waals surface area contributed by atoms with Crippen molar-refractivity contribution in [3.63, 3.8) is 0 Å².